The van der Waals surface area contributed by atoms with Gasteiger partial charge in [-0.25, -0.2) is 4.98 Å². The molecule has 0 saturated heterocycles. The third kappa shape index (κ3) is 1.46. The number of para-hydroxylation sites is 1. The molecule has 2 rings (SSSR count). The minimum absolute atomic E-state index is 0.00991. The van der Waals surface area contributed by atoms with Gasteiger partial charge in [0.15, 0.2) is 0 Å². The summed E-state index contributed by atoms with van der Waals surface area (Å²) in [5.41, 5.74) is 0.713. The summed E-state index contributed by atoms with van der Waals surface area (Å²) in [6, 6.07) is 7.45. The zero-order valence-corrected chi connectivity index (χ0v) is 9.37. The first-order valence-corrected chi connectivity index (χ1v) is 5.08. The monoisotopic (exact) mass is 305 g/mol. The van der Waals surface area contributed by atoms with Gasteiger partial charge in [0.2, 0.25) is 5.88 Å². The van der Waals surface area contributed by atoms with Crippen molar-refractivity contribution in [2.75, 3.05) is 0 Å². The molecule has 0 atom stereocenters. The Kier molecular flexibility index (Phi) is 2.29. The maximum absolute atomic E-state index is 9.40. The molecule has 1 aromatic carbocycles. The van der Waals surface area contributed by atoms with E-state index in [1.54, 1.807) is 0 Å². The lowest BCUT2D eigenvalue weighted by Crippen LogP contribution is -1.85. The van der Waals surface area contributed by atoms with Crippen molar-refractivity contribution in [2.45, 2.75) is 0 Å². The van der Waals surface area contributed by atoms with E-state index < -0.39 is 0 Å². The van der Waals surface area contributed by atoms with Crippen molar-refractivity contribution in [2.24, 2.45) is 0 Å². The van der Waals surface area contributed by atoms with Gasteiger partial charge in [0.05, 0.1) is 14.1 Å². The lowest BCUT2D eigenvalue weighted by molar-refractivity contribution is 0.452. The average molecular weight is 306 g/mol. The van der Waals surface area contributed by atoms with Crippen LogP contribution in [0.3, 0.4) is 0 Å². The number of rotatable bonds is 0. The van der Waals surface area contributed by atoms with E-state index in [4.69, 9.17) is 11.6 Å². The quantitative estimate of drug-likeness (QED) is 0.758. The van der Waals surface area contributed by atoms with Crippen LogP contribution in [-0.4, -0.2) is 10.1 Å². The van der Waals surface area contributed by atoms with Crippen molar-refractivity contribution in [3.63, 3.8) is 0 Å². The molecule has 1 aromatic heterocycles. The van der Waals surface area contributed by atoms with Crippen LogP contribution in [0.4, 0.5) is 0 Å². The number of benzene rings is 1. The van der Waals surface area contributed by atoms with Gasteiger partial charge < -0.3 is 5.11 Å². The number of aromatic nitrogens is 1. The summed E-state index contributed by atoms with van der Waals surface area (Å²) in [5.74, 6) is -0.00991. The molecule has 13 heavy (non-hydrogen) atoms. The topological polar surface area (TPSA) is 33.1 Å². The van der Waals surface area contributed by atoms with Gasteiger partial charge in [-0.1, -0.05) is 29.8 Å². The smallest absolute Gasteiger partial charge is 0.226 e. The normalized spacial score (nSPS) is 10.6. The molecule has 0 spiro atoms. The summed E-state index contributed by atoms with van der Waals surface area (Å²) in [5, 5.41) is 10.8. The number of hydrogen-bond acceptors (Lipinski definition) is 2. The predicted molar refractivity (Wildman–Crippen MR) is 61.1 cm³/mol. The van der Waals surface area contributed by atoms with E-state index in [0.29, 0.717) is 14.1 Å². The minimum atomic E-state index is -0.00991. The first-order chi connectivity index (χ1) is 6.20. The van der Waals surface area contributed by atoms with Gasteiger partial charge in [-0.3, -0.25) is 0 Å². The molecule has 0 saturated carbocycles. The van der Waals surface area contributed by atoms with Gasteiger partial charge in [0.25, 0.3) is 0 Å². The van der Waals surface area contributed by atoms with E-state index in [2.05, 4.69) is 4.98 Å². The molecular weight excluding hydrogens is 300 g/mol. The highest BCUT2D eigenvalue weighted by Crippen LogP contribution is 2.32. The van der Waals surface area contributed by atoms with Gasteiger partial charge in [-0.15, -0.1) is 0 Å². The summed E-state index contributed by atoms with van der Waals surface area (Å²) >= 11 is 8.00. The molecule has 2 aromatic rings. The van der Waals surface area contributed by atoms with E-state index in [9.17, 15) is 5.11 Å². The van der Waals surface area contributed by atoms with Crippen LogP contribution < -0.4 is 0 Å². The second-order valence-electron chi connectivity index (χ2n) is 2.58. The molecule has 0 amide bonds. The van der Waals surface area contributed by atoms with E-state index in [1.165, 1.54) is 0 Å². The fourth-order valence-electron chi connectivity index (χ4n) is 1.14. The van der Waals surface area contributed by atoms with Crippen molar-refractivity contribution >= 4 is 45.1 Å². The van der Waals surface area contributed by atoms with Crippen LogP contribution in [0, 0.1) is 3.57 Å². The maximum atomic E-state index is 9.40. The molecular formula is C9H5ClINO. The Morgan fingerprint density at radius 1 is 1.31 bits per heavy atom. The van der Waals surface area contributed by atoms with Crippen LogP contribution in [0.1, 0.15) is 0 Å². The fourth-order valence-corrected chi connectivity index (χ4v) is 1.79. The number of pyridine rings is 1. The summed E-state index contributed by atoms with van der Waals surface area (Å²) in [6.45, 7) is 0. The zero-order chi connectivity index (χ0) is 9.42. The van der Waals surface area contributed by atoms with Crippen molar-refractivity contribution in [1.82, 2.24) is 4.98 Å². The van der Waals surface area contributed by atoms with Crippen LogP contribution in [0.5, 0.6) is 5.88 Å². The Hall–Kier alpha value is -0.550. The Morgan fingerprint density at radius 2 is 2.00 bits per heavy atom. The number of halogens is 2. The molecule has 1 N–H and O–H groups in total. The number of fused-ring (bicyclic) bond motifs is 1. The molecule has 0 aliphatic rings. The minimum Gasteiger partial charge on any atom is -0.492 e. The Balaban J connectivity index is 2.94. The molecule has 0 bridgehead atoms. The first-order valence-electron chi connectivity index (χ1n) is 3.63. The molecule has 1 heterocycles. The molecule has 0 unspecified atom stereocenters. The van der Waals surface area contributed by atoms with E-state index in [0.717, 1.165) is 5.39 Å². The molecule has 66 valence electrons. The average Bonchev–Trinajstić information content (AvgIpc) is 2.15. The van der Waals surface area contributed by atoms with E-state index >= 15 is 0 Å². The predicted octanol–water partition coefficient (Wildman–Crippen LogP) is 3.20. The van der Waals surface area contributed by atoms with Gasteiger partial charge in [-0.2, -0.15) is 0 Å². The van der Waals surface area contributed by atoms with E-state index in [1.807, 2.05) is 46.9 Å². The van der Waals surface area contributed by atoms with Crippen molar-refractivity contribution in [3.8, 4) is 5.88 Å². The van der Waals surface area contributed by atoms with Crippen LogP contribution >= 0.6 is 34.2 Å². The zero-order valence-electron chi connectivity index (χ0n) is 6.46. The van der Waals surface area contributed by atoms with Gasteiger partial charge in [0.1, 0.15) is 0 Å². The van der Waals surface area contributed by atoms with Crippen LogP contribution in [0.25, 0.3) is 10.9 Å². The molecule has 0 aliphatic heterocycles. The highest BCUT2D eigenvalue weighted by molar-refractivity contribution is 14.1. The SMILES string of the molecule is Oc1nc2ccccc2c(Cl)c1I. The third-order valence-electron chi connectivity index (χ3n) is 1.76. The molecule has 2 nitrogen and oxygen atoms in total. The molecule has 0 fully saturated rings. The number of aromatic hydroxyl groups is 1. The van der Waals surface area contributed by atoms with Crippen molar-refractivity contribution < 1.29 is 5.11 Å². The lowest BCUT2D eigenvalue weighted by atomic mass is 10.2. The van der Waals surface area contributed by atoms with Crippen molar-refractivity contribution in [3.05, 3.63) is 32.9 Å². The van der Waals surface area contributed by atoms with Crippen molar-refractivity contribution in [1.29, 1.82) is 0 Å². The molecule has 4 heteroatoms. The van der Waals surface area contributed by atoms with Gasteiger partial charge >= 0.3 is 0 Å². The summed E-state index contributed by atoms with van der Waals surface area (Å²) in [4.78, 5) is 4.00. The fraction of sp³-hybridized carbons (Fsp3) is 0. The van der Waals surface area contributed by atoms with Crippen LogP contribution in [0.15, 0.2) is 24.3 Å². The second kappa shape index (κ2) is 3.31. The van der Waals surface area contributed by atoms with Crippen LogP contribution in [0.2, 0.25) is 5.02 Å². The number of nitrogens with zero attached hydrogens (tertiary/aromatic N) is 1. The summed E-state index contributed by atoms with van der Waals surface area (Å²) in [7, 11) is 0. The summed E-state index contributed by atoms with van der Waals surface area (Å²) < 4.78 is 0.595. The molecule has 0 radical (unpaired) electrons. The number of hydrogen-bond donors (Lipinski definition) is 1. The standard InChI is InChI=1S/C9H5ClINO/c10-7-5-3-1-2-4-6(5)12-9(13)8(7)11/h1-4H,(H,12,13). The Bertz CT molecular complexity index is 472. The highest BCUT2D eigenvalue weighted by Gasteiger charge is 2.09. The van der Waals surface area contributed by atoms with Crippen LogP contribution in [-0.2, 0) is 0 Å². The van der Waals surface area contributed by atoms with Gasteiger partial charge in [-0.05, 0) is 28.7 Å². The first kappa shape index (κ1) is 9.02. The summed E-state index contributed by atoms with van der Waals surface area (Å²) in [6.07, 6.45) is 0. The second-order valence-corrected chi connectivity index (χ2v) is 4.04. The lowest BCUT2D eigenvalue weighted by Gasteiger charge is -2.03. The maximum Gasteiger partial charge on any atom is 0.226 e. The highest BCUT2D eigenvalue weighted by atomic mass is 127. The molecule has 0 aliphatic carbocycles. The van der Waals surface area contributed by atoms with Gasteiger partial charge in [0, 0.05) is 5.39 Å². The largest absolute Gasteiger partial charge is 0.492 e. The Morgan fingerprint density at radius 3 is 2.77 bits per heavy atom. The van der Waals surface area contributed by atoms with E-state index in [-0.39, 0.29) is 5.88 Å². The third-order valence-corrected chi connectivity index (χ3v) is 3.49. The Labute approximate surface area is 93.7 Å².